The third-order valence-corrected chi connectivity index (χ3v) is 6.47. The lowest BCUT2D eigenvalue weighted by Gasteiger charge is -2.15. The Kier molecular flexibility index (Phi) is 6.72. The van der Waals surface area contributed by atoms with Gasteiger partial charge in [-0.15, -0.1) is 4.33 Å². The average Bonchev–Trinajstić information content (AvgIpc) is 2.70. The molecule has 0 atom stereocenters. The van der Waals surface area contributed by atoms with Gasteiger partial charge in [0.05, 0.1) is 17.7 Å². The molecule has 170 valence electrons. The second-order valence-corrected chi connectivity index (χ2v) is 9.76. The second kappa shape index (κ2) is 9.00. The first kappa shape index (κ1) is 23.9. The molecule has 32 heavy (non-hydrogen) atoms. The van der Waals surface area contributed by atoms with Crippen molar-refractivity contribution in [3.05, 3.63) is 54.1 Å². The van der Waals surface area contributed by atoms with Crippen LogP contribution < -0.4 is 11.1 Å². The molecule has 0 aliphatic rings. The zero-order chi connectivity index (χ0) is 23.7. The highest BCUT2D eigenvalue weighted by molar-refractivity contribution is 7.94. The highest BCUT2D eigenvalue weighted by Crippen LogP contribution is 2.38. The standard InChI is InChI=1S/C17H14N2O10S3/c18-10-3-1-2-9(6-10)17(20)19-13-4-5-14(31(22,23)24)12-7-11(30-29-28-21)8-15(16(12)13)32(25,26)27/h1-8,21H,18H2,(H,19,20)(H,22,23,24)(H,25,26,27). The number of nitrogens with one attached hydrogen (secondary N) is 1. The first-order valence-corrected chi connectivity index (χ1v) is 11.9. The second-order valence-electron chi connectivity index (χ2n) is 6.21. The number of nitrogen functional groups attached to an aromatic ring is 1. The molecule has 0 aliphatic carbocycles. The van der Waals surface area contributed by atoms with Crippen molar-refractivity contribution in [1.82, 2.24) is 0 Å². The van der Waals surface area contributed by atoms with Gasteiger partial charge in [0.25, 0.3) is 26.1 Å². The van der Waals surface area contributed by atoms with E-state index >= 15 is 0 Å². The fourth-order valence-electron chi connectivity index (χ4n) is 2.90. The summed E-state index contributed by atoms with van der Waals surface area (Å²) >= 11 is 0.278. The minimum Gasteiger partial charge on any atom is -0.399 e. The van der Waals surface area contributed by atoms with Gasteiger partial charge in [-0.2, -0.15) is 16.8 Å². The highest BCUT2D eigenvalue weighted by atomic mass is 32.2. The SMILES string of the molecule is Nc1cccc(C(=O)Nc2ccc(S(=O)(=O)O)c3cc(SOOO)cc(S(=O)(=O)O)c23)c1. The molecule has 3 aromatic carbocycles. The number of nitrogens with two attached hydrogens (primary N) is 1. The lowest BCUT2D eigenvalue weighted by atomic mass is 10.1. The van der Waals surface area contributed by atoms with Gasteiger partial charge in [-0.05, 0) is 42.5 Å². The molecule has 0 spiro atoms. The molecule has 1 amide bonds. The highest BCUT2D eigenvalue weighted by Gasteiger charge is 2.25. The molecule has 3 aromatic rings. The van der Waals surface area contributed by atoms with Gasteiger partial charge in [0, 0.05) is 26.9 Å². The molecule has 0 bridgehead atoms. The van der Waals surface area contributed by atoms with E-state index in [1.807, 2.05) is 0 Å². The summed E-state index contributed by atoms with van der Waals surface area (Å²) in [5.74, 6) is -0.713. The van der Waals surface area contributed by atoms with Crippen LogP contribution >= 0.6 is 12.0 Å². The Labute approximate surface area is 185 Å². The molecular formula is C17H14N2O10S3. The Bertz CT molecular complexity index is 1420. The van der Waals surface area contributed by atoms with Crippen LogP contribution in [0, 0.1) is 0 Å². The van der Waals surface area contributed by atoms with Crippen LogP contribution in [-0.4, -0.2) is 37.1 Å². The predicted octanol–water partition coefficient (Wildman–Crippen LogP) is 2.60. The predicted molar refractivity (Wildman–Crippen MR) is 113 cm³/mol. The maximum atomic E-state index is 12.6. The van der Waals surface area contributed by atoms with Crippen LogP contribution in [0.5, 0.6) is 0 Å². The topological polar surface area (TPSA) is 203 Å². The van der Waals surface area contributed by atoms with Crippen molar-refractivity contribution in [2.45, 2.75) is 14.7 Å². The molecule has 0 radical (unpaired) electrons. The van der Waals surface area contributed by atoms with Crippen LogP contribution in [0.3, 0.4) is 0 Å². The van der Waals surface area contributed by atoms with Gasteiger partial charge in [0.15, 0.2) is 0 Å². The Hall–Kier alpha value is -2.76. The van der Waals surface area contributed by atoms with Crippen LogP contribution in [0.1, 0.15) is 10.4 Å². The Balaban J connectivity index is 2.31. The summed E-state index contributed by atoms with van der Waals surface area (Å²) in [6.07, 6.45) is 0. The number of carbonyl (C=O) groups excluding carboxylic acids is 1. The van der Waals surface area contributed by atoms with E-state index in [0.717, 1.165) is 24.3 Å². The number of hydrogen-bond donors (Lipinski definition) is 5. The number of rotatable bonds is 7. The molecule has 6 N–H and O–H groups in total. The minimum absolute atomic E-state index is 0.117. The zero-order valence-corrected chi connectivity index (χ0v) is 18.1. The fourth-order valence-corrected chi connectivity index (χ4v) is 4.85. The number of carbonyl (C=O) groups is 1. The molecule has 12 nitrogen and oxygen atoms in total. The van der Waals surface area contributed by atoms with E-state index < -0.39 is 41.3 Å². The van der Waals surface area contributed by atoms with Gasteiger partial charge in [-0.3, -0.25) is 13.9 Å². The summed E-state index contributed by atoms with van der Waals surface area (Å²) < 4.78 is 71.4. The molecule has 0 saturated carbocycles. The van der Waals surface area contributed by atoms with Crippen molar-refractivity contribution in [2.75, 3.05) is 11.1 Å². The maximum Gasteiger partial charge on any atom is 0.295 e. The number of amides is 1. The summed E-state index contributed by atoms with van der Waals surface area (Å²) in [7, 11) is -9.86. The Morgan fingerprint density at radius 3 is 2.25 bits per heavy atom. The molecular weight excluding hydrogens is 488 g/mol. The van der Waals surface area contributed by atoms with E-state index in [-0.39, 0.29) is 39.3 Å². The normalized spacial score (nSPS) is 12.1. The summed E-state index contributed by atoms with van der Waals surface area (Å²) in [6.45, 7) is 0. The third kappa shape index (κ3) is 5.17. The van der Waals surface area contributed by atoms with E-state index in [9.17, 15) is 30.7 Å². The monoisotopic (exact) mass is 502 g/mol. The molecule has 0 aliphatic heterocycles. The van der Waals surface area contributed by atoms with Crippen molar-refractivity contribution in [3.8, 4) is 0 Å². The fraction of sp³-hybridized carbons (Fsp3) is 0. The summed E-state index contributed by atoms with van der Waals surface area (Å²) in [6, 6.07) is 9.78. The van der Waals surface area contributed by atoms with E-state index in [2.05, 4.69) is 14.7 Å². The van der Waals surface area contributed by atoms with Gasteiger partial charge in [-0.1, -0.05) is 11.1 Å². The average molecular weight is 503 g/mol. The summed E-state index contributed by atoms with van der Waals surface area (Å²) in [4.78, 5) is 11.0. The van der Waals surface area contributed by atoms with Crippen molar-refractivity contribution in [2.24, 2.45) is 0 Å². The number of benzene rings is 3. The molecule has 3 rings (SSSR count). The zero-order valence-electron chi connectivity index (χ0n) is 15.6. The first-order chi connectivity index (χ1) is 14.9. The van der Waals surface area contributed by atoms with Gasteiger partial charge in [0.2, 0.25) is 0 Å². The van der Waals surface area contributed by atoms with Crippen molar-refractivity contribution < 1.29 is 45.4 Å². The lowest BCUT2D eigenvalue weighted by Crippen LogP contribution is -2.14. The molecule has 0 fully saturated rings. The van der Waals surface area contributed by atoms with Crippen LogP contribution in [0.4, 0.5) is 11.4 Å². The minimum atomic E-state index is -4.99. The third-order valence-electron chi connectivity index (χ3n) is 4.13. The summed E-state index contributed by atoms with van der Waals surface area (Å²) in [5.41, 5.74) is 5.87. The van der Waals surface area contributed by atoms with Gasteiger partial charge in [0.1, 0.15) is 9.79 Å². The van der Waals surface area contributed by atoms with Crippen LogP contribution in [0.2, 0.25) is 0 Å². The van der Waals surface area contributed by atoms with Crippen molar-refractivity contribution in [3.63, 3.8) is 0 Å². The maximum absolute atomic E-state index is 12.6. The Morgan fingerprint density at radius 1 is 0.969 bits per heavy atom. The molecule has 0 saturated heterocycles. The van der Waals surface area contributed by atoms with E-state index in [1.165, 1.54) is 18.2 Å². The summed E-state index contributed by atoms with van der Waals surface area (Å²) in [5, 5.41) is 13.4. The van der Waals surface area contributed by atoms with E-state index in [0.29, 0.717) is 0 Å². The molecule has 0 unspecified atom stereocenters. The molecule has 15 heteroatoms. The van der Waals surface area contributed by atoms with Crippen LogP contribution in [0.15, 0.2) is 63.2 Å². The molecule has 0 heterocycles. The quantitative estimate of drug-likeness (QED) is 0.104. The van der Waals surface area contributed by atoms with E-state index in [1.54, 1.807) is 6.07 Å². The number of fused-ring (bicyclic) bond motifs is 1. The van der Waals surface area contributed by atoms with Gasteiger partial charge < -0.3 is 11.1 Å². The first-order valence-electron chi connectivity index (χ1n) is 8.29. The lowest BCUT2D eigenvalue weighted by molar-refractivity contribution is -0.432. The largest absolute Gasteiger partial charge is 0.399 e. The Morgan fingerprint density at radius 2 is 1.66 bits per heavy atom. The number of hydrogen-bond acceptors (Lipinski definition) is 10. The van der Waals surface area contributed by atoms with Crippen molar-refractivity contribution >= 4 is 60.3 Å². The number of anilines is 2. The van der Waals surface area contributed by atoms with E-state index in [4.69, 9.17) is 11.0 Å². The van der Waals surface area contributed by atoms with Gasteiger partial charge in [-0.25, -0.2) is 5.26 Å². The van der Waals surface area contributed by atoms with Crippen molar-refractivity contribution in [1.29, 1.82) is 0 Å². The van der Waals surface area contributed by atoms with Gasteiger partial charge >= 0.3 is 0 Å². The molecule has 0 aromatic heterocycles. The smallest absolute Gasteiger partial charge is 0.295 e. The van der Waals surface area contributed by atoms with Crippen LogP contribution in [0.25, 0.3) is 10.8 Å². The van der Waals surface area contributed by atoms with Crippen LogP contribution in [-0.2, 0) is 29.6 Å².